The maximum absolute atomic E-state index is 12.8. The van der Waals surface area contributed by atoms with Gasteiger partial charge in [0, 0.05) is 24.4 Å². The quantitative estimate of drug-likeness (QED) is 0.402. The van der Waals surface area contributed by atoms with Gasteiger partial charge < -0.3 is 14.8 Å². The average Bonchev–Trinajstić information content (AvgIpc) is 3.00. The highest BCUT2D eigenvalue weighted by Gasteiger charge is 2.38. The monoisotopic (exact) mass is 413 g/mol. The molecule has 1 fully saturated rings. The molecule has 0 saturated carbocycles. The minimum absolute atomic E-state index is 0.00684. The van der Waals surface area contributed by atoms with Crippen molar-refractivity contribution in [1.82, 2.24) is 4.90 Å². The van der Waals surface area contributed by atoms with E-state index in [0.717, 1.165) is 11.1 Å². The number of nitro benzene ring substituents is 1. The molecular weight excluding hydrogens is 390 g/mol. The van der Waals surface area contributed by atoms with Crippen molar-refractivity contribution in [3.8, 4) is 11.5 Å². The van der Waals surface area contributed by atoms with Crippen LogP contribution < -0.4 is 14.8 Å². The lowest BCUT2D eigenvalue weighted by molar-refractivity contribution is -0.384. The van der Waals surface area contributed by atoms with Gasteiger partial charge in [0.25, 0.3) is 11.6 Å². The number of nitrogens with one attached hydrogen (secondary N) is 1. The maximum Gasteiger partial charge on any atom is 0.271 e. The van der Waals surface area contributed by atoms with E-state index in [0.29, 0.717) is 23.6 Å². The van der Waals surface area contributed by atoms with E-state index in [1.807, 2.05) is 12.1 Å². The number of methoxy groups -OCH3 is 2. The number of imide groups is 1. The van der Waals surface area contributed by atoms with Crippen molar-refractivity contribution in [2.75, 3.05) is 26.1 Å². The molecule has 0 radical (unpaired) electrons. The van der Waals surface area contributed by atoms with Gasteiger partial charge in [0.1, 0.15) is 6.04 Å². The van der Waals surface area contributed by atoms with Gasteiger partial charge in [0.05, 0.1) is 25.6 Å². The maximum atomic E-state index is 12.8. The zero-order valence-corrected chi connectivity index (χ0v) is 17.0. The molecule has 1 N–H and O–H groups in total. The van der Waals surface area contributed by atoms with Crippen molar-refractivity contribution in [1.29, 1.82) is 0 Å². The van der Waals surface area contributed by atoms with E-state index in [1.165, 1.54) is 17.0 Å². The first-order valence-corrected chi connectivity index (χ1v) is 9.40. The number of hydrogen-bond donors (Lipinski definition) is 1. The van der Waals surface area contributed by atoms with Crippen LogP contribution in [-0.2, 0) is 16.0 Å². The normalized spacial score (nSPS) is 16.0. The first-order chi connectivity index (χ1) is 14.3. The molecule has 2 amide bonds. The number of nitrogens with zero attached hydrogens (tertiary/aromatic N) is 2. The third kappa shape index (κ3) is 4.35. The summed E-state index contributed by atoms with van der Waals surface area (Å²) in [5.41, 5.74) is 2.05. The van der Waals surface area contributed by atoms with Gasteiger partial charge in [-0.1, -0.05) is 12.1 Å². The van der Waals surface area contributed by atoms with Gasteiger partial charge in [-0.05, 0) is 36.6 Å². The fraction of sp³-hybridized carbons (Fsp3) is 0.333. The third-order valence-electron chi connectivity index (χ3n) is 5.08. The number of non-ortho nitro benzene ring substituents is 1. The molecule has 1 unspecified atom stereocenters. The molecule has 0 spiro atoms. The smallest absolute Gasteiger partial charge is 0.271 e. The number of hydrogen-bond acceptors (Lipinski definition) is 7. The Balaban J connectivity index is 1.68. The number of rotatable bonds is 8. The van der Waals surface area contributed by atoms with E-state index >= 15 is 0 Å². The van der Waals surface area contributed by atoms with Crippen LogP contribution in [0.2, 0.25) is 0 Å². The van der Waals surface area contributed by atoms with Crippen molar-refractivity contribution in [2.24, 2.45) is 0 Å². The molecule has 1 aliphatic heterocycles. The van der Waals surface area contributed by atoms with Gasteiger partial charge >= 0.3 is 0 Å². The Kier molecular flexibility index (Phi) is 6.20. The minimum atomic E-state index is -0.747. The van der Waals surface area contributed by atoms with E-state index in [9.17, 15) is 19.7 Å². The molecule has 1 heterocycles. The molecule has 9 heteroatoms. The summed E-state index contributed by atoms with van der Waals surface area (Å²) < 4.78 is 10.5. The third-order valence-corrected chi connectivity index (χ3v) is 5.08. The fourth-order valence-electron chi connectivity index (χ4n) is 3.37. The van der Waals surface area contributed by atoms with Crippen LogP contribution in [0.3, 0.4) is 0 Å². The average molecular weight is 413 g/mol. The second-order valence-corrected chi connectivity index (χ2v) is 6.98. The SMILES string of the molecule is COc1ccc(CCN2C(=O)CC(Nc3cc([N+](=O)[O-])ccc3C)C2=O)cc1OC. The lowest BCUT2D eigenvalue weighted by Gasteiger charge is -2.17. The van der Waals surface area contributed by atoms with Gasteiger partial charge in [0.2, 0.25) is 5.91 Å². The molecule has 0 aromatic heterocycles. The number of anilines is 1. The van der Waals surface area contributed by atoms with Crippen LogP contribution in [-0.4, -0.2) is 48.4 Å². The predicted octanol–water partition coefficient (Wildman–Crippen LogP) is 2.70. The van der Waals surface area contributed by atoms with E-state index < -0.39 is 11.0 Å². The summed E-state index contributed by atoms with van der Waals surface area (Å²) in [4.78, 5) is 36.9. The largest absolute Gasteiger partial charge is 0.493 e. The van der Waals surface area contributed by atoms with Crippen LogP contribution in [0, 0.1) is 17.0 Å². The van der Waals surface area contributed by atoms with Crippen LogP contribution in [0.15, 0.2) is 36.4 Å². The predicted molar refractivity (Wildman–Crippen MR) is 110 cm³/mol. The molecule has 0 aliphatic carbocycles. The number of benzene rings is 2. The van der Waals surface area contributed by atoms with Crippen LogP contribution >= 0.6 is 0 Å². The molecule has 9 nitrogen and oxygen atoms in total. The fourth-order valence-corrected chi connectivity index (χ4v) is 3.37. The van der Waals surface area contributed by atoms with E-state index in [2.05, 4.69) is 5.32 Å². The Morgan fingerprint density at radius 3 is 2.53 bits per heavy atom. The Morgan fingerprint density at radius 2 is 1.87 bits per heavy atom. The molecule has 3 rings (SSSR count). The Hall–Kier alpha value is -3.62. The number of carbonyl (C=O) groups excluding carboxylic acids is 2. The highest BCUT2D eigenvalue weighted by Crippen LogP contribution is 2.28. The van der Waals surface area contributed by atoms with Crippen molar-refractivity contribution in [2.45, 2.75) is 25.8 Å². The zero-order chi connectivity index (χ0) is 21.8. The Bertz CT molecular complexity index is 991. The van der Waals surface area contributed by atoms with Crippen molar-refractivity contribution in [3.63, 3.8) is 0 Å². The highest BCUT2D eigenvalue weighted by molar-refractivity contribution is 6.06. The number of amides is 2. The van der Waals surface area contributed by atoms with Crippen LogP contribution in [0.1, 0.15) is 17.5 Å². The second kappa shape index (κ2) is 8.81. The molecule has 2 aromatic carbocycles. The van der Waals surface area contributed by atoms with Crippen molar-refractivity contribution in [3.05, 3.63) is 57.6 Å². The van der Waals surface area contributed by atoms with Crippen LogP contribution in [0.5, 0.6) is 11.5 Å². The number of likely N-dealkylation sites (tertiary alicyclic amines) is 1. The minimum Gasteiger partial charge on any atom is -0.493 e. The summed E-state index contributed by atoms with van der Waals surface area (Å²) in [5.74, 6) is 0.563. The zero-order valence-electron chi connectivity index (χ0n) is 17.0. The molecule has 30 heavy (non-hydrogen) atoms. The molecular formula is C21H23N3O6. The Morgan fingerprint density at radius 1 is 1.13 bits per heavy atom. The topological polar surface area (TPSA) is 111 Å². The summed E-state index contributed by atoms with van der Waals surface area (Å²) in [6.45, 7) is 2.02. The lowest BCUT2D eigenvalue weighted by Crippen LogP contribution is -2.36. The second-order valence-electron chi connectivity index (χ2n) is 6.98. The molecule has 1 atom stereocenters. The van der Waals surface area contributed by atoms with Crippen molar-refractivity contribution < 1.29 is 24.0 Å². The van der Waals surface area contributed by atoms with Crippen LogP contribution in [0.4, 0.5) is 11.4 Å². The van der Waals surface area contributed by atoms with Gasteiger partial charge in [-0.15, -0.1) is 0 Å². The highest BCUT2D eigenvalue weighted by atomic mass is 16.6. The van der Waals surface area contributed by atoms with E-state index in [-0.39, 0.29) is 30.5 Å². The molecule has 158 valence electrons. The number of nitro groups is 1. The van der Waals surface area contributed by atoms with Gasteiger partial charge in [-0.25, -0.2) is 0 Å². The number of ether oxygens (including phenoxy) is 2. The molecule has 1 saturated heterocycles. The molecule has 0 bridgehead atoms. The van der Waals surface area contributed by atoms with Crippen molar-refractivity contribution >= 4 is 23.2 Å². The van der Waals surface area contributed by atoms with Gasteiger partial charge in [0.15, 0.2) is 11.5 Å². The number of carbonyl (C=O) groups is 2. The van der Waals surface area contributed by atoms with E-state index in [1.54, 1.807) is 33.3 Å². The first-order valence-electron chi connectivity index (χ1n) is 9.40. The Labute approximate surface area is 173 Å². The summed E-state index contributed by atoms with van der Waals surface area (Å²) in [6, 6.07) is 9.08. The first kappa shape index (κ1) is 21.1. The van der Waals surface area contributed by atoms with Crippen LogP contribution in [0.25, 0.3) is 0 Å². The summed E-state index contributed by atoms with van der Waals surface area (Å²) >= 11 is 0. The lowest BCUT2D eigenvalue weighted by atomic mass is 10.1. The summed E-state index contributed by atoms with van der Waals surface area (Å²) in [5, 5.41) is 14.0. The molecule has 1 aliphatic rings. The number of aryl methyl sites for hydroxylation is 1. The summed E-state index contributed by atoms with van der Waals surface area (Å²) in [7, 11) is 3.09. The standard InChI is InChI=1S/C21H23N3O6/c1-13-4-6-15(24(27)28)11-16(13)22-17-12-20(25)23(21(17)26)9-8-14-5-7-18(29-2)19(10-14)30-3/h4-7,10-11,17,22H,8-9,12H2,1-3H3. The van der Waals surface area contributed by atoms with Gasteiger partial charge in [-0.2, -0.15) is 0 Å². The summed E-state index contributed by atoms with van der Waals surface area (Å²) in [6.07, 6.45) is 0.479. The van der Waals surface area contributed by atoms with E-state index in [4.69, 9.17) is 9.47 Å². The van der Waals surface area contributed by atoms with Gasteiger partial charge in [-0.3, -0.25) is 24.6 Å². The molecule has 2 aromatic rings.